The van der Waals surface area contributed by atoms with Gasteiger partial charge in [-0.3, -0.25) is 0 Å². The first-order chi connectivity index (χ1) is 8.67. The second-order valence-electron chi connectivity index (χ2n) is 3.75. The molecule has 0 aliphatic carbocycles. The molecule has 18 heavy (non-hydrogen) atoms. The molecule has 1 unspecified atom stereocenters. The number of halogens is 1. The van der Waals surface area contributed by atoms with Crippen LogP contribution in [0.15, 0.2) is 18.5 Å². The standard InChI is InChI=1S/C12H13ClN2O3/c1-17-6-10(16)8-4-15-12(18-2)9-5-14-11(13)3-7(8)9/h3-5,10,16H,6H2,1-2H3. The van der Waals surface area contributed by atoms with Crippen molar-refractivity contribution in [2.24, 2.45) is 0 Å². The summed E-state index contributed by atoms with van der Waals surface area (Å²) >= 11 is 5.88. The van der Waals surface area contributed by atoms with E-state index in [0.29, 0.717) is 22.0 Å². The van der Waals surface area contributed by atoms with E-state index in [9.17, 15) is 5.11 Å². The van der Waals surface area contributed by atoms with E-state index in [1.807, 2.05) is 0 Å². The van der Waals surface area contributed by atoms with Crippen LogP contribution in [-0.4, -0.2) is 35.9 Å². The lowest BCUT2D eigenvalue weighted by atomic mass is 10.1. The summed E-state index contributed by atoms with van der Waals surface area (Å²) in [5, 5.41) is 11.8. The van der Waals surface area contributed by atoms with E-state index in [4.69, 9.17) is 21.1 Å². The highest BCUT2D eigenvalue weighted by atomic mass is 35.5. The van der Waals surface area contributed by atoms with E-state index in [1.54, 1.807) is 18.5 Å². The largest absolute Gasteiger partial charge is 0.481 e. The molecule has 0 saturated heterocycles. The van der Waals surface area contributed by atoms with Crippen LogP contribution >= 0.6 is 11.6 Å². The molecule has 0 bridgehead atoms. The van der Waals surface area contributed by atoms with Gasteiger partial charge in [0, 0.05) is 25.1 Å². The third kappa shape index (κ3) is 2.38. The number of nitrogens with zero attached hydrogens (tertiary/aromatic N) is 2. The first-order valence-corrected chi connectivity index (χ1v) is 5.70. The molecule has 2 aromatic heterocycles. The minimum absolute atomic E-state index is 0.184. The monoisotopic (exact) mass is 268 g/mol. The van der Waals surface area contributed by atoms with Gasteiger partial charge in [0.2, 0.25) is 5.88 Å². The third-order valence-corrected chi connectivity index (χ3v) is 2.82. The van der Waals surface area contributed by atoms with Crippen molar-refractivity contribution in [2.75, 3.05) is 20.8 Å². The highest BCUT2D eigenvalue weighted by molar-refractivity contribution is 6.30. The molecule has 0 aliphatic heterocycles. The average Bonchev–Trinajstić information content (AvgIpc) is 2.37. The topological polar surface area (TPSA) is 64.5 Å². The second kappa shape index (κ2) is 5.48. The maximum Gasteiger partial charge on any atom is 0.222 e. The van der Waals surface area contributed by atoms with Crippen molar-refractivity contribution >= 4 is 22.4 Å². The van der Waals surface area contributed by atoms with Crippen LogP contribution in [0.1, 0.15) is 11.7 Å². The molecule has 1 N–H and O–H groups in total. The summed E-state index contributed by atoms with van der Waals surface area (Å²) in [4.78, 5) is 8.13. The molecule has 0 aromatic carbocycles. The highest BCUT2D eigenvalue weighted by Gasteiger charge is 2.15. The van der Waals surface area contributed by atoms with Crippen molar-refractivity contribution < 1.29 is 14.6 Å². The fraction of sp³-hybridized carbons (Fsp3) is 0.333. The molecule has 5 nitrogen and oxygen atoms in total. The summed E-state index contributed by atoms with van der Waals surface area (Å²) in [6.45, 7) is 0.184. The van der Waals surface area contributed by atoms with Gasteiger partial charge in [-0.05, 0) is 11.5 Å². The molecule has 96 valence electrons. The summed E-state index contributed by atoms with van der Waals surface area (Å²) in [5.41, 5.74) is 0.636. The molecule has 2 heterocycles. The summed E-state index contributed by atoms with van der Waals surface area (Å²) in [6.07, 6.45) is 2.36. The summed E-state index contributed by atoms with van der Waals surface area (Å²) < 4.78 is 10.1. The molecule has 0 fully saturated rings. The lowest BCUT2D eigenvalue weighted by Crippen LogP contribution is -2.07. The van der Waals surface area contributed by atoms with Gasteiger partial charge in [0.15, 0.2) is 0 Å². The van der Waals surface area contributed by atoms with Gasteiger partial charge in [0.05, 0.1) is 19.1 Å². The Morgan fingerprint density at radius 3 is 2.72 bits per heavy atom. The predicted molar refractivity (Wildman–Crippen MR) is 67.9 cm³/mol. The van der Waals surface area contributed by atoms with E-state index in [-0.39, 0.29) is 6.61 Å². The lowest BCUT2D eigenvalue weighted by molar-refractivity contribution is 0.0650. The summed E-state index contributed by atoms with van der Waals surface area (Å²) in [6, 6.07) is 1.68. The highest BCUT2D eigenvalue weighted by Crippen LogP contribution is 2.30. The third-order valence-electron chi connectivity index (χ3n) is 2.61. The quantitative estimate of drug-likeness (QED) is 0.859. The fourth-order valence-electron chi connectivity index (χ4n) is 1.78. The van der Waals surface area contributed by atoms with Crippen LogP contribution in [0, 0.1) is 0 Å². The van der Waals surface area contributed by atoms with Crippen molar-refractivity contribution in [3.05, 3.63) is 29.2 Å². The van der Waals surface area contributed by atoms with Crippen LogP contribution in [0.3, 0.4) is 0 Å². The fourth-order valence-corrected chi connectivity index (χ4v) is 1.94. The SMILES string of the molecule is COCC(O)c1cnc(OC)c2cnc(Cl)cc12. The van der Waals surface area contributed by atoms with Gasteiger partial charge in [0.1, 0.15) is 11.3 Å². The number of methoxy groups -OCH3 is 2. The number of aliphatic hydroxyl groups excluding tert-OH is 1. The molecule has 0 aliphatic rings. The van der Waals surface area contributed by atoms with Crippen molar-refractivity contribution in [1.29, 1.82) is 0 Å². The van der Waals surface area contributed by atoms with Gasteiger partial charge in [-0.25, -0.2) is 9.97 Å². The molecule has 1 atom stereocenters. The Kier molecular flexibility index (Phi) is 3.96. The Bertz CT molecular complexity index is 562. The van der Waals surface area contributed by atoms with Crippen molar-refractivity contribution in [3.8, 4) is 5.88 Å². The van der Waals surface area contributed by atoms with Gasteiger partial charge in [-0.1, -0.05) is 11.6 Å². The number of aromatic nitrogens is 2. The number of aliphatic hydroxyl groups is 1. The normalized spacial score (nSPS) is 12.7. The van der Waals surface area contributed by atoms with E-state index >= 15 is 0 Å². The van der Waals surface area contributed by atoms with Gasteiger partial charge >= 0.3 is 0 Å². The zero-order valence-corrected chi connectivity index (χ0v) is 10.8. The van der Waals surface area contributed by atoms with Gasteiger partial charge in [-0.2, -0.15) is 0 Å². The van der Waals surface area contributed by atoms with Crippen molar-refractivity contribution in [1.82, 2.24) is 9.97 Å². The zero-order valence-electron chi connectivity index (χ0n) is 10.1. The minimum atomic E-state index is -0.769. The minimum Gasteiger partial charge on any atom is -0.481 e. The lowest BCUT2D eigenvalue weighted by Gasteiger charge is -2.14. The number of fused-ring (bicyclic) bond motifs is 1. The molecule has 6 heteroatoms. The van der Waals surface area contributed by atoms with Crippen LogP contribution in [-0.2, 0) is 4.74 Å². The van der Waals surface area contributed by atoms with E-state index in [2.05, 4.69) is 9.97 Å². The van der Waals surface area contributed by atoms with E-state index in [1.165, 1.54) is 14.2 Å². The van der Waals surface area contributed by atoms with Gasteiger partial charge in [0.25, 0.3) is 0 Å². The molecule has 2 aromatic rings. The van der Waals surface area contributed by atoms with Crippen LogP contribution in [0.5, 0.6) is 5.88 Å². The van der Waals surface area contributed by atoms with Gasteiger partial charge in [-0.15, -0.1) is 0 Å². The Hall–Kier alpha value is -1.43. The van der Waals surface area contributed by atoms with Crippen LogP contribution in [0.2, 0.25) is 5.15 Å². The van der Waals surface area contributed by atoms with Crippen LogP contribution in [0.4, 0.5) is 0 Å². The Labute approximate surface area is 109 Å². The molecule has 2 rings (SSSR count). The van der Waals surface area contributed by atoms with E-state index in [0.717, 1.165) is 5.39 Å². The predicted octanol–water partition coefficient (Wildman–Crippen LogP) is 1.97. The molecular weight excluding hydrogens is 256 g/mol. The Balaban J connectivity index is 2.64. The van der Waals surface area contributed by atoms with Crippen LogP contribution < -0.4 is 4.74 Å². The molecule has 0 radical (unpaired) electrons. The first kappa shape index (κ1) is 13.0. The number of rotatable bonds is 4. The Morgan fingerprint density at radius 1 is 1.28 bits per heavy atom. The maximum atomic E-state index is 10.0. The first-order valence-electron chi connectivity index (χ1n) is 5.32. The average molecular weight is 269 g/mol. The number of hydrogen-bond acceptors (Lipinski definition) is 5. The van der Waals surface area contributed by atoms with Crippen LogP contribution in [0.25, 0.3) is 10.8 Å². The molecule has 0 spiro atoms. The number of ether oxygens (including phenoxy) is 2. The zero-order chi connectivity index (χ0) is 13.1. The molecular formula is C12H13ClN2O3. The summed E-state index contributed by atoms with van der Waals surface area (Å²) in [7, 11) is 3.05. The molecule has 0 amide bonds. The van der Waals surface area contributed by atoms with Crippen molar-refractivity contribution in [2.45, 2.75) is 6.10 Å². The van der Waals surface area contributed by atoms with Crippen molar-refractivity contribution in [3.63, 3.8) is 0 Å². The number of pyridine rings is 2. The van der Waals surface area contributed by atoms with Gasteiger partial charge < -0.3 is 14.6 Å². The summed E-state index contributed by atoms with van der Waals surface area (Å²) in [5.74, 6) is 0.447. The molecule has 0 saturated carbocycles. The maximum absolute atomic E-state index is 10.0. The smallest absolute Gasteiger partial charge is 0.222 e. The number of hydrogen-bond donors (Lipinski definition) is 1. The second-order valence-corrected chi connectivity index (χ2v) is 4.13. The van der Waals surface area contributed by atoms with E-state index < -0.39 is 6.10 Å². The Morgan fingerprint density at radius 2 is 2.06 bits per heavy atom.